The van der Waals surface area contributed by atoms with Crippen LogP contribution < -0.4 is 4.40 Å². The number of rotatable bonds is 10. The van der Waals surface area contributed by atoms with E-state index in [1.165, 1.54) is 6.07 Å². The zero-order valence-corrected chi connectivity index (χ0v) is 47.4. The molecule has 7 heteroatoms. The zero-order valence-electron chi connectivity index (χ0n) is 52.0. The van der Waals surface area contributed by atoms with Crippen LogP contribution in [0, 0.1) is 31.3 Å². The molecule has 363 valence electrons. The van der Waals surface area contributed by atoms with E-state index in [1.54, 1.807) is 53.8 Å². The number of aromatic nitrogens is 4. The number of aryl methyl sites for hydroxylation is 2. The molecule has 10 aromatic rings. The molecule has 0 fully saturated rings. The van der Waals surface area contributed by atoms with Crippen molar-refractivity contribution in [3.63, 3.8) is 0 Å². The third kappa shape index (κ3) is 11.4. The van der Waals surface area contributed by atoms with Gasteiger partial charge in [-0.25, -0.2) is 4.98 Å². The van der Waals surface area contributed by atoms with Gasteiger partial charge in [0, 0.05) is 44.7 Å². The van der Waals surface area contributed by atoms with Gasteiger partial charge in [0.05, 0.1) is 16.9 Å². The van der Waals surface area contributed by atoms with Gasteiger partial charge in [0.2, 0.25) is 0 Å². The van der Waals surface area contributed by atoms with Crippen LogP contribution in [-0.2, 0) is 32.9 Å². The fourth-order valence-corrected chi connectivity index (χ4v) is 13.0. The van der Waals surface area contributed by atoms with Gasteiger partial charge in [0.25, 0.3) is 0 Å². The number of hydrogen-bond acceptors (Lipinski definition) is 4. The second-order valence-corrected chi connectivity index (χ2v) is 32.2. The SMILES string of the molecule is [2H]C([2H])([2H])c1c[c-]c(-c2cc(C([2H])([2H])C(C)(C)C)[c]([Ge]([CH3])([CH3])[CH3])cn2)cc1.[2H]C([2H])([2H])c1ccc(-c2cc(C(C)C)c(-n3c(-c4[c-]ccc5c4sc4nc(C([2H])([2H])c6ccccc6)ccc45)nc4ccccc43)c(C(C)C)c2)cc1.[Ir]. The molecule has 0 aliphatic rings. The van der Waals surface area contributed by atoms with Crippen molar-refractivity contribution in [1.29, 1.82) is 0 Å². The summed E-state index contributed by atoms with van der Waals surface area (Å²) in [6.45, 7) is 10.2. The third-order valence-corrected chi connectivity index (χ3v) is 17.7. The molecule has 71 heavy (non-hydrogen) atoms. The van der Waals surface area contributed by atoms with Crippen molar-refractivity contribution in [2.45, 2.75) is 104 Å². The maximum Gasteiger partial charge on any atom is 0.114 e. The summed E-state index contributed by atoms with van der Waals surface area (Å²) >= 11 is -0.812. The van der Waals surface area contributed by atoms with Crippen molar-refractivity contribution in [3.05, 3.63) is 197 Å². The van der Waals surface area contributed by atoms with Crippen LogP contribution in [0.1, 0.15) is 113 Å². The van der Waals surface area contributed by atoms with Gasteiger partial charge in [0.1, 0.15) is 4.83 Å². The van der Waals surface area contributed by atoms with Gasteiger partial charge in [0.15, 0.2) is 0 Å². The second-order valence-electron chi connectivity index (χ2n) is 20.6. The number of thiophene rings is 1. The van der Waals surface area contributed by atoms with E-state index in [9.17, 15) is 0 Å². The minimum Gasteiger partial charge on any atom is -0.333 e. The van der Waals surface area contributed by atoms with Crippen LogP contribution in [0.2, 0.25) is 17.3 Å². The molecule has 4 heterocycles. The van der Waals surface area contributed by atoms with E-state index in [4.69, 9.17) is 23.7 Å². The molecule has 4 aromatic heterocycles. The van der Waals surface area contributed by atoms with Crippen molar-refractivity contribution in [3.8, 4) is 39.5 Å². The topological polar surface area (TPSA) is 43.6 Å². The van der Waals surface area contributed by atoms with Gasteiger partial charge < -0.3 is 4.57 Å². The van der Waals surface area contributed by atoms with Crippen molar-refractivity contribution in [2.24, 2.45) is 5.41 Å². The summed E-state index contributed by atoms with van der Waals surface area (Å²) in [5.74, 6) is 7.79. The van der Waals surface area contributed by atoms with Gasteiger partial charge >= 0.3 is 145 Å². The summed E-state index contributed by atoms with van der Waals surface area (Å²) in [6.07, 6.45) is -1.45. The quantitative estimate of drug-likeness (QED) is 0.101. The first kappa shape index (κ1) is 40.0. The van der Waals surface area contributed by atoms with E-state index in [0.29, 0.717) is 33.6 Å². The summed E-state index contributed by atoms with van der Waals surface area (Å²) in [6, 6.07) is 50.0. The van der Waals surface area contributed by atoms with Crippen molar-refractivity contribution >= 4 is 60.3 Å². The summed E-state index contributed by atoms with van der Waals surface area (Å²) in [5, 5.41) is 2.00. The third-order valence-electron chi connectivity index (χ3n) is 12.3. The van der Waals surface area contributed by atoms with E-state index in [2.05, 4.69) is 90.9 Å². The van der Waals surface area contributed by atoms with Crippen LogP contribution >= 0.6 is 11.3 Å². The van der Waals surface area contributed by atoms with Gasteiger partial charge in [-0.15, -0.1) is 18.2 Å². The molecule has 0 bridgehead atoms. The number of fused-ring (bicyclic) bond motifs is 4. The summed E-state index contributed by atoms with van der Waals surface area (Å²) in [7, 11) is 0. The fourth-order valence-electron chi connectivity index (χ4n) is 8.89. The molecule has 0 N–H and O–H groups in total. The average Bonchev–Trinajstić information content (AvgIpc) is 4.18. The summed E-state index contributed by atoms with van der Waals surface area (Å²) in [4.78, 5) is 15.6. The van der Waals surface area contributed by atoms with Gasteiger partial charge in [-0.2, -0.15) is 11.3 Å². The van der Waals surface area contributed by atoms with E-state index in [1.807, 2.05) is 93.7 Å². The first-order chi connectivity index (χ1) is 37.4. The number of hydrogen-bond donors (Lipinski definition) is 0. The number of pyridine rings is 2. The van der Waals surface area contributed by atoms with Crippen LogP contribution in [0.25, 0.3) is 70.8 Å². The molecule has 4 nitrogen and oxygen atoms in total. The van der Waals surface area contributed by atoms with Crippen molar-refractivity contribution < 1.29 is 33.8 Å². The van der Waals surface area contributed by atoms with Gasteiger partial charge in [-0.3, -0.25) is 4.98 Å². The first-order valence-electron chi connectivity index (χ1n) is 29.0. The monoisotopic (exact) mass is 1200 g/mol. The van der Waals surface area contributed by atoms with Crippen LogP contribution in [-0.4, -0.2) is 32.8 Å². The molecular weight excluding hydrogens is 1120 g/mol. The molecule has 0 aliphatic heterocycles. The maximum absolute atomic E-state index is 8.96. The van der Waals surface area contributed by atoms with Crippen LogP contribution in [0.3, 0.4) is 0 Å². The van der Waals surface area contributed by atoms with Crippen LogP contribution in [0.4, 0.5) is 0 Å². The number of nitrogens with zero attached hydrogens (tertiary/aromatic N) is 4. The van der Waals surface area contributed by atoms with Crippen LogP contribution in [0.15, 0.2) is 146 Å². The Morgan fingerprint density at radius 2 is 1.42 bits per heavy atom. The predicted molar refractivity (Wildman–Crippen MR) is 303 cm³/mol. The largest absolute Gasteiger partial charge is 0.333 e. The summed E-state index contributed by atoms with van der Waals surface area (Å²) in [5.41, 5.74) is 11.1. The maximum atomic E-state index is 8.96. The molecule has 0 unspecified atom stereocenters. The average molecular weight is 1200 g/mol. The molecule has 1 radical (unpaired) electrons. The smallest absolute Gasteiger partial charge is 0.114 e. The first-order valence-corrected chi connectivity index (χ1v) is 32.1. The Bertz CT molecular complexity index is 3860. The molecular formula is C64H66GeIrN4S-2. The summed E-state index contributed by atoms with van der Waals surface area (Å²) < 4.78 is 85.9. The normalized spacial score (nSPS) is 14.8. The molecule has 0 aliphatic carbocycles. The Labute approximate surface area is 456 Å². The van der Waals surface area contributed by atoms with E-state index in [-0.39, 0.29) is 37.5 Å². The van der Waals surface area contributed by atoms with Crippen LogP contribution in [0.5, 0.6) is 0 Å². The predicted octanol–water partition coefficient (Wildman–Crippen LogP) is 17.1. The standard InChI is InChI=1S/C44H38N3S.C20H28GeN.Ir/c1-27(2)37-25-32(31-20-18-29(5)19-21-31)26-38(28(3)4)41(37)47-40-17-10-9-16-39(40)46-43(47)36-15-11-14-34-35-23-22-33(45-44(35)48-42(34)36)24-30-12-7-6-8-13-30;1-15-8-10-16(11-9-15)19-12-17(13-20(2,3)4)18(14-22-19)21(5,6)7;/h6-14,16-23,25-28H,24H2,1-5H3;8-10,12,14H,13H2,1-7H3;/q2*-1;/i5D3,24D2;1D3,13D2;. The Hall–Kier alpha value is -5.50. The Kier molecular flexibility index (Phi) is 12.0. The number of para-hydroxylation sites is 2. The van der Waals surface area contributed by atoms with Gasteiger partial charge in [-0.1, -0.05) is 117 Å². The molecule has 0 saturated heterocycles. The van der Waals surface area contributed by atoms with E-state index >= 15 is 0 Å². The molecule has 10 rings (SSSR count). The minimum absolute atomic E-state index is 0. The van der Waals surface area contributed by atoms with Crippen molar-refractivity contribution in [1.82, 2.24) is 19.5 Å². The molecule has 6 aromatic carbocycles. The van der Waals surface area contributed by atoms with E-state index in [0.717, 1.165) is 75.1 Å². The Balaban J connectivity index is 0.000000260. The Morgan fingerprint density at radius 3 is 2.07 bits per heavy atom. The van der Waals surface area contributed by atoms with Gasteiger partial charge in [-0.05, 0) is 86.9 Å². The number of imidazole rings is 1. The zero-order chi connectivity index (χ0) is 58.1. The number of benzene rings is 6. The van der Waals surface area contributed by atoms with E-state index < -0.39 is 45.1 Å². The fraction of sp³-hybridized carbons (Fsp3) is 0.266. The molecule has 0 spiro atoms. The molecule has 0 amide bonds. The minimum atomic E-state index is -2.36. The van der Waals surface area contributed by atoms with Crippen molar-refractivity contribution in [2.75, 3.05) is 0 Å². The second kappa shape index (κ2) is 21.3. The molecule has 0 saturated carbocycles. The Morgan fingerprint density at radius 1 is 0.732 bits per heavy atom. The molecule has 0 atom stereocenters.